The summed E-state index contributed by atoms with van der Waals surface area (Å²) in [4.78, 5) is 36.7. The maximum absolute atomic E-state index is 12.9. The molecule has 0 unspecified atom stereocenters. The van der Waals surface area contributed by atoms with Gasteiger partial charge in [0, 0.05) is 37.2 Å². The van der Waals surface area contributed by atoms with Gasteiger partial charge in [0.15, 0.2) is 0 Å². The molecule has 5 rings (SSSR count). The molecule has 6 heteroatoms. The Hall–Kier alpha value is -2.11. The van der Waals surface area contributed by atoms with Crippen molar-refractivity contribution >= 4 is 17.5 Å². The van der Waals surface area contributed by atoms with E-state index in [0.717, 1.165) is 37.0 Å². The maximum Gasteiger partial charge on any atom is 0.250 e. The fourth-order valence-corrected chi connectivity index (χ4v) is 5.94. The molecule has 0 radical (unpaired) electrons. The molecule has 0 atom stereocenters. The predicted molar refractivity (Wildman–Crippen MR) is 103 cm³/mol. The van der Waals surface area contributed by atoms with Gasteiger partial charge in [0.05, 0.1) is 5.69 Å². The number of carbonyl (C=O) groups excluding carboxylic acids is 2. The minimum Gasteiger partial charge on any atom is -0.355 e. The maximum atomic E-state index is 12.9. The first-order valence-electron chi connectivity index (χ1n) is 10.3. The number of amides is 2. The van der Waals surface area contributed by atoms with Crippen molar-refractivity contribution in [3.63, 3.8) is 0 Å². The van der Waals surface area contributed by atoms with Crippen molar-refractivity contribution in [3.05, 3.63) is 28.7 Å². The van der Waals surface area contributed by atoms with E-state index in [2.05, 4.69) is 10.6 Å². The Labute approximate surface area is 159 Å². The summed E-state index contributed by atoms with van der Waals surface area (Å²) < 4.78 is 1.55. The van der Waals surface area contributed by atoms with Crippen LogP contribution >= 0.6 is 0 Å². The van der Waals surface area contributed by atoms with E-state index in [1.54, 1.807) is 16.8 Å². The second-order valence-corrected chi connectivity index (χ2v) is 8.79. The van der Waals surface area contributed by atoms with Gasteiger partial charge < -0.3 is 15.2 Å². The van der Waals surface area contributed by atoms with Crippen LogP contribution in [0.1, 0.15) is 51.9 Å². The first-order chi connectivity index (χ1) is 13.0. The minimum atomic E-state index is -0.165. The summed E-state index contributed by atoms with van der Waals surface area (Å²) in [6.07, 6.45) is 8.94. The second kappa shape index (κ2) is 7.13. The van der Waals surface area contributed by atoms with Gasteiger partial charge in [-0.2, -0.15) is 0 Å². The third kappa shape index (κ3) is 3.66. The van der Waals surface area contributed by atoms with Gasteiger partial charge in [-0.15, -0.1) is 0 Å². The average molecular weight is 371 g/mol. The number of rotatable bonds is 6. The Morgan fingerprint density at radius 1 is 1.11 bits per heavy atom. The van der Waals surface area contributed by atoms with Crippen LogP contribution in [0.25, 0.3) is 0 Å². The number of hydrogen-bond acceptors (Lipinski definition) is 3. The van der Waals surface area contributed by atoms with Crippen LogP contribution in [0.5, 0.6) is 0 Å². The van der Waals surface area contributed by atoms with E-state index in [1.807, 2.05) is 6.92 Å². The number of aryl methyl sites for hydroxylation is 1. The second-order valence-electron chi connectivity index (χ2n) is 8.79. The highest BCUT2D eigenvalue weighted by molar-refractivity contribution is 5.91. The molecule has 4 aliphatic carbocycles. The topological polar surface area (TPSA) is 80.2 Å². The molecule has 27 heavy (non-hydrogen) atoms. The predicted octanol–water partition coefficient (Wildman–Crippen LogP) is 2.53. The van der Waals surface area contributed by atoms with Crippen molar-refractivity contribution in [2.75, 3.05) is 11.9 Å². The van der Waals surface area contributed by atoms with Crippen LogP contribution in [-0.2, 0) is 16.1 Å². The SMILES string of the molecule is CCn1cc(NC(=O)CCNC(=O)C23CC4CC(CC(C4)C2)C3)ccc1=O. The van der Waals surface area contributed by atoms with Crippen LogP contribution in [0.3, 0.4) is 0 Å². The third-order valence-electron chi connectivity index (χ3n) is 6.77. The summed E-state index contributed by atoms with van der Waals surface area (Å²) in [7, 11) is 0. The molecule has 1 aromatic heterocycles. The van der Waals surface area contributed by atoms with Gasteiger partial charge in [-0.3, -0.25) is 14.4 Å². The molecule has 2 N–H and O–H groups in total. The highest BCUT2D eigenvalue weighted by Gasteiger charge is 2.54. The summed E-state index contributed by atoms with van der Waals surface area (Å²) >= 11 is 0. The van der Waals surface area contributed by atoms with Gasteiger partial charge in [0.25, 0.3) is 5.56 Å². The van der Waals surface area contributed by atoms with E-state index >= 15 is 0 Å². The lowest BCUT2D eigenvalue weighted by molar-refractivity contribution is -0.146. The zero-order chi connectivity index (χ0) is 19.0. The lowest BCUT2D eigenvalue weighted by atomic mass is 9.49. The van der Waals surface area contributed by atoms with Crippen molar-refractivity contribution in [1.82, 2.24) is 9.88 Å². The molecule has 6 nitrogen and oxygen atoms in total. The van der Waals surface area contributed by atoms with Crippen molar-refractivity contribution < 1.29 is 9.59 Å². The normalized spacial score (nSPS) is 30.9. The molecule has 0 spiro atoms. The minimum absolute atomic E-state index is 0.0849. The van der Waals surface area contributed by atoms with Gasteiger partial charge in [0.2, 0.25) is 11.8 Å². The molecule has 1 aromatic rings. The first-order valence-corrected chi connectivity index (χ1v) is 10.3. The summed E-state index contributed by atoms with van der Waals surface area (Å²) in [5.74, 6) is 2.22. The highest BCUT2D eigenvalue weighted by Crippen LogP contribution is 2.60. The smallest absolute Gasteiger partial charge is 0.250 e. The third-order valence-corrected chi connectivity index (χ3v) is 6.77. The van der Waals surface area contributed by atoms with E-state index in [1.165, 1.54) is 25.3 Å². The zero-order valence-electron chi connectivity index (χ0n) is 16.0. The lowest BCUT2D eigenvalue weighted by Crippen LogP contribution is -2.53. The molecular weight excluding hydrogens is 342 g/mol. The van der Waals surface area contributed by atoms with Gasteiger partial charge in [0.1, 0.15) is 0 Å². The molecule has 4 aliphatic rings. The monoisotopic (exact) mass is 371 g/mol. The van der Waals surface area contributed by atoms with Crippen LogP contribution in [0.2, 0.25) is 0 Å². The Bertz CT molecular complexity index is 763. The largest absolute Gasteiger partial charge is 0.355 e. The number of nitrogens with one attached hydrogen (secondary N) is 2. The Morgan fingerprint density at radius 2 is 1.74 bits per heavy atom. The lowest BCUT2D eigenvalue weighted by Gasteiger charge is -2.55. The molecule has 4 fully saturated rings. The van der Waals surface area contributed by atoms with E-state index in [-0.39, 0.29) is 29.2 Å². The molecule has 4 bridgehead atoms. The molecule has 1 heterocycles. The number of hydrogen-bond donors (Lipinski definition) is 2. The molecule has 2 amide bonds. The van der Waals surface area contributed by atoms with Crippen LogP contribution < -0.4 is 16.2 Å². The molecule has 0 aromatic carbocycles. The van der Waals surface area contributed by atoms with Gasteiger partial charge >= 0.3 is 0 Å². The summed E-state index contributed by atoms with van der Waals surface area (Å²) in [5, 5.41) is 5.84. The van der Waals surface area contributed by atoms with Crippen LogP contribution in [0, 0.1) is 23.2 Å². The van der Waals surface area contributed by atoms with Gasteiger partial charge in [-0.05, 0) is 69.3 Å². The van der Waals surface area contributed by atoms with Crippen LogP contribution in [0.4, 0.5) is 5.69 Å². The standard InChI is InChI=1S/C21H29N3O3/c1-2-24-13-17(3-4-19(24)26)23-18(25)5-6-22-20(27)21-10-14-7-15(11-21)9-16(8-14)12-21/h3-4,13-16H,2,5-12H2,1H3,(H,22,27)(H,23,25). The fraction of sp³-hybridized carbons (Fsp3) is 0.667. The molecule has 0 aliphatic heterocycles. The molecular formula is C21H29N3O3. The first kappa shape index (κ1) is 18.3. The average Bonchev–Trinajstić information content (AvgIpc) is 2.62. The Morgan fingerprint density at radius 3 is 2.33 bits per heavy atom. The van der Waals surface area contributed by atoms with Crippen molar-refractivity contribution in [2.45, 2.75) is 58.4 Å². The summed E-state index contributed by atoms with van der Waals surface area (Å²) in [5.41, 5.74) is 0.356. The number of carbonyl (C=O) groups is 2. The summed E-state index contributed by atoms with van der Waals surface area (Å²) in [6, 6.07) is 3.06. The quantitative estimate of drug-likeness (QED) is 0.806. The highest BCUT2D eigenvalue weighted by atomic mass is 16.2. The van der Waals surface area contributed by atoms with Gasteiger partial charge in [-0.25, -0.2) is 0 Å². The van der Waals surface area contributed by atoms with E-state index in [4.69, 9.17) is 0 Å². The molecule has 4 saturated carbocycles. The van der Waals surface area contributed by atoms with E-state index in [9.17, 15) is 14.4 Å². The number of nitrogens with zero attached hydrogens (tertiary/aromatic N) is 1. The number of pyridine rings is 1. The van der Waals surface area contributed by atoms with E-state index in [0.29, 0.717) is 18.8 Å². The fourth-order valence-electron chi connectivity index (χ4n) is 5.94. The van der Waals surface area contributed by atoms with Gasteiger partial charge in [-0.1, -0.05) is 0 Å². The zero-order valence-corrected chi connectivity index (χ0v) is 16.0. The number of aromatic nitrogens is 1. The van der Waals surface area contributed by atoms with Crippen molar-refractivity contribution in [3.8, 4) is 0 Å². The van der Waals surface area contributed by atoms with E-state index < -0.39 is 0 Å². The van der Waals surface area contributed by atoms with Crippen LogP contribution in [0.15, 0.2) is 23.1 Å². The number of anilines is 1. The molecule has 146 valence electrons. The van der Waals surface area contributed by atoms with Crippen LogP contribution in [-0.4, -0.2) is 22.9 Å². The Kier molecular flexibility index (Phi) is 4.82. The van der Waals surface area contributed by atoms with Crippen molar-refractivity contribution in [1.29, 1.82) is 0 Å². The molecule has 0 saturated heterocycles. The van der Waals surface area contributed by atoms with Crippen molar-refractivity contribution in [2.24, 2.45) is 23.2 Å². The Balaban J connectivity index is 1.28. The summed E-state index contributed by atoms with van der Waals surface area (Å²) in [6.45, 7) is 2.80.